The van der Waals surface area contributed by atoms with Gasteiger partial charge in [-0.2, -0.15) is 0 Å². The first-order chi connectivity index (χ1) is 5.36. The second-order valence-corrected chi connectivity index (χ2v) is 2.48. The number of Topliss-reactive ketones (excluding diaryl/α,β-unsaturated/α-hetero) is 1. The van der Waals surface area contributed by atoms with E-state index in [1.807, 2.05) is 23.1 Å². The average Bonchev–Trinajstić information content (AvgIpc) is 2.04. The third kappa shape index (κ3) is 1.09. The molecule has 0 aromatic heterocycles. The highest BCUT2D eigenvalue weighted by molar-refractivity contribution is 6.29. The Hall–Kier alpha value is -1.38. The molecule has 1 radical (unpaired) electrons. The molecule has 3 nitrogen and oxygen atoms in total. The summed E-state index contributed by atoms with van der Waals surface area (Å²) >= 11 is 0. The molecule has 0 atom stereocenters. The highest BCUT2D eigenvalue weighted by Crippen LogP contribution is 2.12. The predicted octanol–water partition coefficient (Wildman–Crippen LogP) is 0.230. The number of ketones is 1. The first-order valence-electron chi connectivity index (χ1n) is 3.47. The van der Waals surface area contributed by atoms with Crippen molar-refractivity contribution < 1.29 is 4.79 Å². The molecule has 0 spiro atoms. The highest BCUT2D eigenvalue weighted by atomic mass is 16.1. The summed E-state index contributed by atoms with van der Waals surface area (Å²) in [4.78, 5) is 16.6. The number of carbonyl (C=O) groups is 1. The molecule has 0 bridgehead atoms. The first kappa shape index (κ1) is 6.34. The van der Waals surface area contributed by atoms with Gasteiger partial charge >= 0.3 is 0 Å². The maximum atomic E-state index is 10.8. The Morgan fingerprint density at radius 2 is 2.55 bits per heavy atom. The Kier molecular flexibility index (Phi) is 1.35. The summed E-state index contributed by atoms with van der Waals surface area (Å²) in [6, 6.07) is 0. The third-order valence-electron chi connectivity index (χ3n) is 1.66. The lowest BCUT2D eigenvalue weighted by Gasteiger charge is -2.25. The van der Waals surface area contributed by atoms with Crippen molar-refractivity contribution in [2.45, 2.75) is 0 Å². The number of allylic oxidation sites excluding steroid dienone is 2. The molecule has 3 heteroatoms. The largest absolute Gasteiger partial charge is 0.345 e. The van der Waals surface area contributed by atoms with Crippen molar-refractivity contribution in [2.24, 2.45) is 4.99 Å². The minimum Gasteiger partial charge on any atom is -0.345 e. The molecule has 0 N–H and O–H groups in total. The van der Waals surface area contributed by atoms with Crippen LogP contribution >= 0.6 is 0 Å². The maximum Gasteiger partial charge on any atom is 0.202 e. The average molecular weight is 147 g/mol. The van der Waals surface area contributed by atoms with Gasteiger partial charge in [0.15, 0.2) is 0 Å². The van der Waals surface area contributed by atoms with Gasteiger partial charge in [0.1, 0.15) is 12.0 Å². The molecule has 0 aromatic carbocycles. The maximum absolute atomic E-state index is 10.8. The van der Waals surface area contributed by atoms with Gasteiger partial charge in [-0.1, -0.05) is 12.2 Å². The van der Waals surface area contributed by atoms with Crippen molar-refractivity contribution in [3.05, 3.63) is 24.0 Å². The highest BCUT2D eigenvalue weighted by Gasteiger charge is 2.17. The number of nitrogens with zero attached hydrogens (tertiary/aromatic N) is 2. The van der Waals surface area contributed by atoms with Gasteiger partial charge in [0.05, 0.1) is 6.54 Å². The van der Waals surface area contributed by atoms with Crippen LogP contribution in [0.15, 0.2) is 29.0 Å². The second kappa shape index (κ2) is 2.34. The molecule has 0 saturated carbocycles. The molecule has 2 heterocycles. The van der Waals surface area contributed by atoms with Crippen LogP contribution in [-0.2, 0) is 4.79 Å². The summed E-state index contributed by atoms with van der Waals surface area (Å²) < 4.78 is 0. The summed E-state index contributed by atoms with van der Waals surface area (Å²) in [5, 5.41) is 0. The fourth-order valence-electron chi connectivity index (χ4n) is 1.12. The number of hydrogen-bond acceptors (Lipinski definition) is 3. The van der Waals surface area contributed by atoms with Gasteiger partial charge in [0, 0.05) is 6.54 Å². The van der Waals surface area contributed by atoms with E-state index in [2.05, 4.69) is 11.2 Å². The normalized spacial score (nSPS) is 21.6. The van der Waals surface area contributed by atoms with Crippen LogP contribution in [0.3, 0.4) is 0 Å². The van der Waals surface area contributed by atoms with Crippen LogP contribution in [0.4, 0.5) is 0 Å². The van der Waals surface area contributed by atoms with Crippen LogP contribution in [0, 0.1) is 0 Å². The number of aliphatic imine (C=N–C) groups is 1. The van der Waals surface area contributed by atoms with Crippen LogP contribution in [0.1, 0.15) is 0 Å². The van der Waals surface area contributed by atoms with Crippen molar-refractivity contribution in [1.82, 2.24) is 4.90 Å². The molecule has 0 aliphatic carbocycles. The molecule has 0 saturated heterocycles. The molecular formula is C8H7N2O. The zero-order chi connectivity index (χ0) is 7.68. The van der Waals surface area contributed by atoms with E-state index in [0.29, 0.717) is 6.54 Å². The Balaban J connectivity index is 2.31. The standard InChI is InChI=1S/C8H7N2O/c11-7-5-9-8-3-1-2-4-10(8)6-7/h1-3H,4,6H2. The molecule has 55 valence electrons. The number of fused-ring (bicyclic) bond motifs is 1. The smallest absolute Gasteiger partial charge is 0.202 e. The van der Waals surface area contributed by atoms with Crippen molar-refractivity contribution in [2.75, 3.05) is 13.1 Å². The van der Waals surface area contributed by atoms with Crippen molar-refractivity contribution in [3.8, 4) is 0 Å². The van der Waals surface area contributed by atoms with E-state index in [1.165, 1.54) is 0 Å². The van der Waals surface area contributed by atoms with Gasteiger partial charge in [-0.25, -0.2) is 4.99 Å². The van der Waals surface area contributed by atoms with E-state index in [0.717, 1.165) is 12.4 Å². The molecule has 0 fully saturated rings. The van der Waals surface area contributed by atoms with Gasteiger partial charge in [-0.15, -0.1) is 0 Å². The van der Waals surface area contributed by atoms with Crippen LogP contribution in [0.5, 0.6) is 0 Å². The van der Waals surface area contributed by atoms with Crippen molar-refractivity contribution in [1.29, 1.82) is 0 Å². The fourth-order valence-corrected chi connectivity index (χ4v) is 1.12. The SMILES string of the molecule is O=C1[C]=NC2=CC=CCN2C1. The summed E-state index contributed by atoms with van der Waals surface area (Å²) in [6.45, 7) is 1.20. The summed E-state index contributed by atoms with van der Waals surface area (Å²) in [5.74, 6) is 0.796. The van der Waals surface area contributed by atoms with E-state index >= 15 is 0 Å². The van der Waals surface area contributed by atoms with E-state index in [-0.39, 0.29) is 5.78 Å². The van der Waals surface area contributed by atoms with Gasteiger partial charge in [-0.3, -0.25) is 4.79 Å². The number of carbonyl (C=O) groups excluding carboxylic acids is 1. The quantitative estimate of drug-likeness (QED) is 0.491. The van der Waals surface area contributed by atoms with Gasteiger partial charge in [-0.05, 0) is 6.08 Å². The van der Waals surface area contributed by atoms with E-state index in [4.69, 9.17) is 0 Å². The molecule has 2 aliphatic rings. The summed E-state index contributed by atoms with van der Waals surface area (Å²) in [7, 11) is 0. The Bertz CT molecular complexity index is 276. The van der Waals surface area contributed by atoms with Crippen molar-refractivity contribution >= 4 is 12.0 Å². The Morgan fingerprint density at radius 1 is 1.64 bits per heavy atom. The van der Waals surface area contributed by atoms with Crippen LogP contribution in [0.2, 0.25) is 0 Å². The zero-order valence-electron chi connectivity index (χ0n) is 5.95. The molecular weight excluding hydrogens is 140 g/mol. The van der Waals surface area contributed by atoms with Gasteiger partial charge < -0.3 is 4.90 Å². The molecule has 2 aliphatic heterocycles. The van der Waals surface area contributed by atoms with E-state index in [1.54, 1.807) is 0 Å². The predicted molar refractivity (Wildman–Crippen MR) is 41.2 cm³/mol. The summed E-state index contributed by atoms with van der Waals surface area (Å²) in [6.07, 6.45) is 8.24. The summed E-state index contributed by atoms with van der Waals surface area (Å²) in [5.41, 5.74) is 0. The zero-order valence-corrected chi connectivity index (χ0v) is 5.95. The minimum atomic E-state index is -0.0440. The number of rotatable bonds is 0. The van der Waals surface area contributed by atoms with Crippen LogP contribution < -0.4 is 0 Å². The van der Waals surface area contributed by atoms with E-state index < -0.39 is 0 Å². The Labute approximate surface area is 64.7 Å². The van der Waals surface area contributed by atoms with Gasteiger partial charge in [0.25, 0.3) is 0 Å². The van der Waals surface area contributed by atoms with Crippen LogP contribution in [0.25, 0.3) is 0 Å². The van der Waals surface area contributed by atoms with Gasteiger partial charge in [0.2, 0.25) is 5.78 Å². The first-order valence-corrected chi connectivity index (χ1v) is 3.47. The van der Waals surface area contributed by atoms with Crippen molar-refractivity contribution in [3.63, 3.8) is 0 Å². The lowest BCUT2D eigenvalue weighted by Crippen LogP contribution is -2.34. The monoisotopic (exact) mass is 147 g/mol. The topological polar surface area (TPSA) is 32.7 Å². The molecule has 0 aromatic rings. The number of hydrogen-bond donors (Lipinski definition) is 0. The van der Waals surface area contributed by atoms with E-state index in [9.17, 15) is 4.79 Å². The molecule has 11 heavy (non-hydrogen) atoms. The third-order valence-corrected chi connectivity index (χ3v) is 1.66. The molecule has 0 amide bonds. The second-order valence-electron chi connectivity index (χ2n) is 2.48. The lowest BCUT2D eigenvalue weighted by atomic mass is 10.2. The molecule has 2 rings (SSSR count). The lowest BCUT2D eigenvalue weighted by molar-refractivity contribution is -0.113. The fraction of sp³-hybridized carbons (Fsp3) is 0.250. The van der Waals surface area contributed by atoms with Crippen LogP contribution in [-0.4, -0.2) is 30.0 Å². The minimum absolute atomic E-state index is 0.0440. The Morgan fingerprint density at radius 3 is 3.45 bits per heavy atom. The molecule has 0 unspecified atom stereocenters.